The van der Waals surface area contributed by atoms with Gasteiger partial charge >= 0.3 is 12.1 Å². The fourth-order valence-electron chi connectivity index (χ4n) is 2.32. The number of esters is 1. The molecule has 2 rings (SSSR count). The van der Waals surface area contributed by atoms with Crippen LogP contribution in [0.4, 0.5) is 13.2 Å². The number of rotatable bonds is 5. The average Bonchev–Trinajstić information content (AvgIpc) is 2.59. The highest BCUT2D eigenvalue weighted by Gasteiger charge is 2.30. The van der Waals surface area contributed by atoms with Gasteiger partial charge in [-0.2, -0.15) is 13.2 Å². The number of alkyl halides is 3. The van der Waals surface area contributed by atoms with E-state index in [1.54, 1.807) is 24.3 Å². The van der Waals surface area contributed by atoms with Gasteiger partial charge in [0.1, 0.15) is 0 Å². The van der Waals surface area contributed by atoms with Gasteiger partial charge in [0.25, 0.3) is 0 Å². The molecule has 25 heavy (non-hydrogen) atoms. The fraction of sp³-hybridized carbons (Fsp3) is 0.222. The minimum atomic E-state index is -4.47. The quantitative estimate of drug-likeness (QED) is 0.556. The number of methoxy groups -OCH3 is 1. The number of Topliss-reactive ketones (excluding diaryl/α,β-unsaturated/α-hetero) is 1. The SMILES string of the molecule is COC(=O)[C@@H](CC(=O)c1ccc(C(F)(F)F)cc1)c1ccc(Cl)cc1. The summed E-state index contributed by atoms with van der Waals surface area (Å²) in [5.74, 6) is -1.93. The first kappa shape index (κ1) is 19.0. The van der Waals surface area contributed by atoms with Crippen molar-refractivity contribution < 1.29 is 27.5 Å². The van der Waals surface area contributed by atoms with Crippen LogP contribution in [0.5, 0.6) is 0 Å². The predicted octanol–water partition coefficient (Wildman–Crippen LogP) is 4.89. The van der Waals surface area contributed by atoms with Gasteiger partial charge in [-0.3, -0.25) is 9.59 Å². The van der Waals surface area contributed by atoms with Crippen molar-refractivity contribution in [1.29, 1.82) is 0 Å². The van der Waals surface area contributed by atoms with Crippen LogP contribution in [0, 0.1) is 0 Å². The summed E-state index contributed by atoms with van der Waals surface area (Å²) in [6.45, 7) is 0. The van der Waals surface area contributed by atoms with Gasteiger partial charge in [0.15, 0.2) is 5.78 Å². The predicted molar refractivity (Wildman–Crippen MR) is 86.6 cm³/mol. The number of benzene rings is 2. The second-order valence-electron chi connectivity index (χ2n) is 5.33. The van der Waals surface area contributed by atoms with Crippen molar-refractivity contribution in [2.45, 2.75) is 18.5 Å². The molecule has 0 aliphatic heterocycles. The van der Waals surface area contributed by atoms with Gasteiger partial charge in [0, 0.05) is 17.0 Å². The van der Waals surface area contributed by atoms with Gasteiger partial charge in [0.05, 0.1) is 18.6 Å². The van der Waals surface area contributed by atoms with Gasteiger partial charge in [0.2, 0.25) is 0 Å². The summed E-state index contributed by atoms with van der Waals surface area (Å²) in [6.07, 6.45) is -4.70. The van der Waals surface area contributed by atoms with Crippen molar-refractivity contribution in [3.63, 3.8) is 0 Å². The van der Waals surface area contributed by atoms with Crippen LogP contribution >= 0.6 is 11.6 Å². The molecule has 7 heteroatoms. The summed E-state index contributed by atoms with van der Waals surface area (Å²) < 4.78 is 42.5. The summed E-state index contributed by atoms with van der Waals surface area (Å²) in [5, 5.41) is 0.474. The van der Waals surface area contributed by atoms with Crippen LogP contribution in [-0.2, 0) is 15.7 Å². The van der Waals surface area contributed by atoms with E-state index in [2.05, 4.69) is 0 Å². The number of hydrogen-bond acceptors (Lipinski definition) is 3. The molecular formula is C18H14ClF3O3. The molecule has 0 radical (unpaired) electrons. The summed E-state index contributed by atoms with van der Waals surface area (Å²) in [4.78, 5) is 24.4. The van der Waals surface area contributed by atoms with Gasteiger partial charge in [-0.1, -0.05) is 35.9 Å². The summed E-state index contributed by atoms with van der Waals surface area (Å²) in [5.41, 5.74) is -0.210. The molecule has 0 saturated heterocycles. The van der Waals surface area contributed by atoms with Crippen LogP contribution in [0.25, 0.3) is 0 Å². The Balaban J connectivity index is 2.22. The van der Waals surface area contributed by atoms with Crippen molar-refractivity contribution in [2.75, 3.05) is 7.11 Å². The zero-order chi connectivity index (χ0) is 18.6. The smallest absolute Gasteiger partial charge is 0.416 e. The normalized spacial score (nSPS) is 12.5. The fourth-order valence-corrected chi connectivity index (χ4v) is 2.45. The lowest BCUT2D eigenvalue weighted by Gasteiger charge is -2.15. The maximum Gasteiger partial charge on any atom is 0.416 e. The minimum Gasteiger partial charge on any atom is -0.469 e. The molecule has 0 unspecified atom stereocenters. The molecule has 132 valence electrons. The molecule has 2 aromatic rings. The second-order valence-corrected chi connectivity index (χ2v) is 5.77. The van der Waals surface area contributed by atoms with E-state index in [4.69, 9.17) is 16.3 Å². The minimum absolute atomic E-state index is 0.0934. The van der Waals surface area contributed by atoms with Crippen molar-refractivity contribution >= 4 is 23.4 Å². The Bertz CT molecular complexity index is 753. The zero-order valence-corrected chi connectivity index (χ0v) is 13.9. The molecule has 0 fully saturated rings. The first-order valence-electron chi connectivity index (χ1n) is 7.26. The van der Waals surface area contributed by atoms with E-state index < -0.39 is 29.4 Å². The van der Waals surface area contributed by atoms with Gasteiger partial charge in [-0.15, -0.1) is 0 Å². The Morgan fingerprint density at radius 1 is 1.04 bits per heavy atom. The molecule has 2 aromatic carbocycles. The van der Waals surface area contributed by atoms with E-state index in [1.807, 2.05) is 0 Å². The Morgan fingerprint density at radius 3 is 2.08 bits per heavy atom. The maximum atomic E-state index is 12.6. The molecule has 0 saturated carbocycles. The lowest BCUT2D eigenvalue weighted by molar-refractivity contribution is -0.142. The molecule has 0 aliphatic rings. The third-order valence-electron chi connectivity index (χ3n) is 3.68. The summed E-state index contributed by atoms with van der Waals surface area (Å²) in [6, 6.07) is 10.2. The summed E-state index contributed by atoms with van der Waals surface area (Å²) in [7, 11) is 1.20. The number of ketones is 1. The third kappa shape index (κ3) is 4.82. The molecule has 0 heterocycles. The second kappa shape index (κ2) is 7.70. The Hall–Kier alpha value is -2.34. The Labute approximate surface area is 147 Å². The van der Waals surface area contributed by atoms with Crippen LogP contribution in [0.15, 0.2) is 48.5 Å². The number of carbonyl (C=O) groups is 2. The zero-order valence-electron chi connectivity index (χ0n) is 13.1. The first-order valence-corrected chi connectivity index (χ1v) is 7.64. The first-order chi connectivity index (χ1) is 11.7. The molecule has 0 amide bonds. The van der Waals surface area contributed by atoms with E-state index >= 15 is 0 Å². The average molecular weight is 371 g/mol. The highest BCUT2D eigenvalue weighted by atomic mass is 35.5. The van der Waals surface area contributed by atoms with Crippen LogP contribution in [-0.4, -0.2) is 18.9 Å². The van der Waals surface area contributed by atoms with E-state index in [0.717, 1.165) is 24.3 Å². The van der Waals surface area contributed by atoms with E-state index in [-0.39, 0.29) is 12.0 Å². The maximum absolute atomic E-state index is 12.6. The third-order valence-corrected chi connectivity index (χ3v) is 3.93. The standard InChI is InChI=1S/C18H14ClF3O3/c1-25-17(24)15(11-4-8-14(19)9-5-11)10-16(23)12-2-6-13(7-3-12)18(20,21)22/h2-9,15H,10H2,1H3/t15-/m0/s1. The molecule has 0 aliphatic carbocycles. The molecule has 0 spiro atoms. The lowest BCUT2D eigenvalue weighted by atomic mass is 9.91. The van der Waals surface area contributed by atoms with Crippen LogP contribution in [0.1, 0.15) is 33.8 Å². The van der Waals surface area contributed by atoms with Crippen molar-refractivity contribution in [3.8, 4) is 0 Å². The lowest BCUT2D eigenvalue weighted by Crippen LogP contribution is -2.18. The van der Waals surface area contributed by atoms with Gasteiger partial charge in [-0.05, 0) is 29.8 Å². The molecule has 1 atom stereocenters. The number of ether oxygens (including phenoxy) is 1. The number of halogens is 4. The van der Waals surface area contributed by atoms with Crippen molar-refractivity contribution in [3.05, 3.63) is 70.2 Å². The largest absolute Gasteiger partial charge is 0.469 e. The molecule has 0 aromatic heterocycles. The molecule has 0 N–H and O–H groups in total. The highest BCUT2D eigenvalue weighted by molar-refractivity contribution is 6.30. The van der Waals surface area contributed by atoms with E-state index in [9.17, 15) is 22.8 Å². The highest BCUT2D eigenvalue weighted by Crippen LogP contribution is 2.30. The molecule has 3 nitrogen and oxygen atoms in total. The monoisotopic (exact) mass is 370 g/mol. The van der Waals surface area contributed by atoms with Gasteiger partial charge < -0.3 is 4.74 Å². The van der Waals surface area contributed by atoms with Crippen molar-refractivity contribution in [2.24, 2.45) is 0 Å². The van der Waals surface area contributed by atoms with Crippen LogP contribution in [0.3, 0.4) is 0 Å². The number of hydrogen-bond donors (Lipinski definition) is 0. The number of carbonyl (C=O) groups excluding carboxylic acids is 2. The molecule has 0 bridgehead atoms. The Kier molecular flexibility index (Phi) is 5.85. The van der Waals surface area contributed by atoms with Crippen molar-refractivity contribution in [1.82, 2.24) is 0 Å². The van der Waals surface area contributed by atoms with Crippen LogP contribution in [0.2, 0.25) is 5.02 Å². The summed E-state index contributed by atoms with van der Waals surface area (Å²) >= 11 is 5.81. The van der Waals surface area contributed by atoms with Gasteiger partial charge in [-0.25, -0.2) is 0 Å². The van der Waals surface area contributed by atoms with E-state index in [1.165, 1.54) is 7.11 Å². The topological polar surface area (TPSA) is 43.4 Å². The van der Waals surface area contributed by atoms with E-state index in [0.29, 0.717) is 10.6 Å². The Morgan fingerprint density at radius 2 is 1.60 bits per heavy atom. The molecular weight excluding hydrogens is 357 g/mol. The van der Waals surface area contributed by atoms with Crippen LogP contribution < -0.4 is 0 Å².